The molecule has 0 saturated heterocycles. The maximum absolute atomic E-state index is 15.4. The van der Waals surface area contributed by atoms with Gasteiger partial charge in [-0.2, -0.15) is 0 Å². The quantitative estimate of drug-likeness (QED) is 0.236. The number of fused-ring (bicyclic) bond motifs is 2. The molecular formula is C32H48F2. The van der Waals surface area contributed by atoms with Crippen LogP contribution in [0.5, 0.6) is 0 Å². The number of rotatable bonds is 10. The van der Waals surface area contributed by atoms with E-state index in [1.165, 1.54) is 77.0 Å². The molecule has 0 radical (unpaired) electrons. The summed E-state index contributed by atoms with van der Waals surface area (Å²) in [5.41, 5.74) is 2.54. The Bertz CT molecular complexity index is 810. The van der Waals surface area contributed by atoms with Crippen LogP contribution in [0.15, 0.2) is 18.2 Å². The third kappa shape index (κ3) is 6.33. The van der Waals surface area contributed by atoms with Gasteiger partial charge in [-0.3, -0.25) is 0 Å². The lowest BCUT2D eigenvalue weighted by molar-refractivity contribution is 0.114. The number of hydrogen-bond acceptors (Lipinski definition) is 0. The van der Waals surface area contributed by atoms with Crippen LogP contribution in [0, 0.1) is 35.3 Å². The highest BCUT2D eigenvalue weighted by molar-refractivity contribution is 5.38. The van der Waals surface area contributed by atoms with Gasteiger partial charge in [-0.05, 0) is 117 Å². The van der Waals surface area contributed by atoms with Crippen LogP contribution in [0.3, 0.4) is 0 Å². The van der Waals surface area contributed by atoms with Crippen LogP contribution < -0.4 is 0 Å². The second-order valence-electron chi connectivity index (χ2n) is 11.9. The maximum atomic E-state index is 15.4. The van der Waals surface area contributed by atoms with Gasteiger partial charge in [-0.25, -0.2) is 8.78 Å². The summed E-state index contributed by atoms with van der Waals surface area (Å²) in [6.07, 6.45) is 24.7. The van der Waals surface area contributed by atoms with Crippen molar-refractivity contribution in [1.29, 1.82) is 0 Å². The van der Waals surface area contributed by atoms with Gasteiger partial charge in [-0.15, -0.1) is 0 Å². The van der Waals surface area contributed by atoms with Gasteiger partial charge >= 0.3 is 0 Å². The maximum Gasteiger partial charge on any atom is 0.162 e. The Balaban J connectivity index is 1.35. The summed E-state index contributed by atoms with van der Waals surface area (Å²) in [5, 5.41) is 0. The molecule has 3 aliphatic rings. The molecule has 1 aromatic carbocycles. The predicted octanol–water partition coefficient (Wildman–Crippen LogP) is 10.1. The zero-order chi connectivity index (χ0) is 23.9. The SMILES string of the molecule is C/C=C/CCC1CCC2CC(c3cc4c(c(F)c3F)CC(CCCCCCC)CC4)CCC2C1. The molecule has 0 bridgehead atoms. The van der Waals surface area contributed by atoms with Crippen LogP contribution >= 0.6 is 0 Å². The molecule has 0 heterocycles. The zero-order valence-electron chi connectivity index (χ0n) is 21.9. The standard InChI is InChI=1S/C32H48F2/c1-3-5-7-8-10-12-24-14-16-28-22-30(32(34)31(33)29(28)20-24)27-18-17-25-19-23(11-9-6-4-2)13-15-26(25)21-27/h4,6,22-27H,3,5,7-21H2,1-2H3/b6-4+. The van der Waals surface area contributed by atoms with E-state index in [9.17, 15) is 0 Å². The highest BCUT2D eigenvalue weighted by Gasteiger charge is 2.37. The van der Waals surface area contributed by atoms with Gasteiger partial charge in [0, 0.05) is 0 Å². The van der Waals surface area contributed by atoms with E-state index >= 15 is 8.78 Å². The van der Waals surface area contributed by atoms with Crippen molar-refractivity contribution in [3.8, 4) is 0 Å². The van der Waals surface area contributed by atoms with E-state index in [-0.39, 0.29) is 5.92 Å². The Hall–Kier alpha value is -1.18. The first kappa shape index (κ1) is 25.9. The zero-order valence-corrected chi connectivity index (χ0v) is 21.9. The molecule has 2 heteroatoms. The molecule has 5 unspecified atom stereocenters. The van der Waals surface area contributed by atoms with Crippen molar-refractivity contribution in [3.05, 3.63) is 46.5 Å². The second kappa shape index (κ2) is 12.7. The van der Waals surface area contributed by atoms with E-state index in [1.54, 1.807) is 0 Å². The molecule has 0 N–H and O–H groups in total. The van der Waals surface area contributed by atoms with E-state index in [4.69, 9.17) is 0 Å². The molecule has 2 fully saturated rings. The number of benzene rings is 1. The van der Waals surface area contributed by atoms with E-state index in [2.05, 4.69) is 32.1 Å². The smallest absolute Gasteiger partial charge is 0.162 e. The van der Waals surface area contributed by atoms with Gasteiger partial charge in [-0.1, -0.05) is 70.1 Å². The van der Waals surface area contributed by atoms with Gasteiger partial charge in [0.05, 0.1) is 0 Å². The third-order valence-electron chi connectivity index (χ3n) is 9.60. The molecule has 4 rings (SSSR count). The molecule has 34 heavy (non-hydrogen) atoms. The molecule has 0 aliphatic heterocycles. The van der Waals surface area contributed by atoms with Gasteiger partial charge in [0.15, 0.2) is 11.6 Å². The second-order valence-corrected chi connectivity index (χ2v) is 11.9. The summed E-state index contributed by atoms with van der Waals surface area (Å²) in [5.74, 6) is 2.14. The highest BCUT2D eigenvalue weighted by Crippen LogP contribution is 2.49. The van der Waals surface area contributed by atoms with E-state index in [0.29, 0.717) is 23.0 Å². The third-order valence-corrected chi connectivity index (χ3v) is 9.60. The Morgan fingerprint density at radius 1 is 0.853 bits per heavy atom. The Kier molecular flexibility index (Phi) is 9.66. The first-order chi connectivity index (χ1) is 16.6. The molecular weight excluding hydrogens is 422 g/mol. The lowest BCUT2D eigenvalue weighted by Gasteiger charge is -2.42. The van der Waals surface area contributed by atoms with Crippen molar-refractivity contribution in [2.75, 3.05) is 0 Å². The average Bonchev–Trinajstić information content (AvgIpc) is 2.86. The largest absolute Gasteiger partial charge is 0.203 e. The Morgan fingerprint density at radius 3 is 2.47 bits per heavy atom. The van der Waals surface area contributed by atoms with Crippen LogP contribution in [0.2, 0.25) is 0 Å². The molecule has 0 spiro atoms. The number of aryl methyl sites for hydroxylation is 1. The minimum atomic E-state index is -0.508. The van der Waals surface area contributed by atoms with Crippen molar-refractivity contribution < 1.29 is 8.78 Å². The summed E-state index contributed by atoms with van der Waals surface area (Å²) in [6.45, 7) is 4.35. The van der Waals surface area contributed by atoms with E-state index in [0.717, 1.165) is 49.5 Å². The Morgan fingerprint density at radius 2 is 1.65 bits per heavy atom. The Labute approximate surface area is 208 Å². The molecule has 190 valence electrons. The van der Waals surface area contributed by atoms with Crippen molar-refractivity contribution in [1.82, 2.24) is 0 Å². The van der Waals surface area contributed by atoms with Crippen molar-refractivity contribution in [2.45, 2.75) is 129 Å². The summed E-state index contributed by atoms with van der Waals surface area (Å²) < 4.78 is 30.7. The first-order valence-corrected chi connectivity index (χ1v) is 14.7. The van der Waals surface area contributed by atoms with Crippen LogP contribution in [0.25, 0.3) is 0 Å². The molecule has 0 aromatic heterocycles. The van der Waals surface area contributed by atoms with Crippen LogP contribution in [0.4, 0.5) is 8.78 Å². The fourth-order valence-corrected chi connectivity index (χ4v) is 7.54. The lowest BCUT2D eigenvalue weighted by atomic mass is 9.63. The monoisotopic (exact) mass is 470 g/mol. The van der Waals surface area contributed by atoms with Crippen molar-refractivity contribution >= 4 is 0 Å². The van der Waals surface area contributed by atoms with Crippen molar-refractivity contribution in [3.63, 3.8) is 0 Å². The van der Waals surface area contributed by atoms with Gasteiger partial charge in [0.2, 0.25) is 0 Å². The summed E-state index contributed by atoms with van der Waals surface area (Å²) in [7, 11) is 0. The fourth-order valence-electron chi connectivity index (χ4n) is 7.54. The van der Waals surface area contributed by atoms with Crippen LogP contribution in [0.1, 0.15) is 133 Å². The molecule has 5 atom stereocenters. The summed E-state index contributed by atoms with van der Waals surface area (Å²) >= 11 is 0. The lowest BCUT2D eigenvalue weighted by Crippen LogP contribution is -2.31. The normalized spacial score (nSPS) is 29.2. The fraction of sp³-hybridized carbons (Fsp3) is 0.750. The molecule has 0 nitrogen and oxygen atoms in total. The molecule has 0 amide bonds. The number of allylic oxidation sites excluding steroid dienone is 2. The van der Waals surface area contributed by atoms with Crippen LogP contribution in [-0.2, 0) is 12.8 Å². The summed E-state index contributed by atoms with van der Waals surface area (Å²) in [4.78, 5) is 0. The molecule has 1 aromatic rings. The number of unbranched alkanes of at least 4 members (excludes halogenated alkanes) is 4. The summed E-state index contributed by atoms with van der Waals surface area (Å²) in [6, 6.07) is 2.10. The number of hydrogen-bond donors (Lipinski definition) is 0. The predicted molar refractivity (Wildman–Crippen MR) is 140 cm³/mol. The van der Waals surface area contributed by atoms with Gasteiger partial charge in [0.1, 0.15) is 0 Å². The molecule has 3 aliphatic carbocycles. The topological polar surface area (TPSA) is 0 Å². The minimum absolute atomic E-state index is 0.219. The molecule has 2 saturated carbocycles. The van der Waals surface area contributed by atoms with Crippen LogP contribution in [-0.4, -0.2) is 0 Å². The number of halogens is 2. The first-order valence-electron chi connectivity index (χ1n) is 14.7. The minimum Gasteiger partial charge on any atom is -0.203 e. The van der Waals surface area contributed by atoms with Gasteiger partial charge in [0.25, 0.3) is 0 Å². The average molecular weight is 471 g/mol. The van der Waals surface area contributed by atoms with E-state index < -0.39 is 11.6 Å². The van der Waals surface area contributed by atoms with Gasteiger partial charge < -0.3 is 0 Å². The van der Waals surface area contributed by atoms with Crippen molar-refractivity contribution in [2.24, 2.45) is 23.7 Å². The van der Waals surface area contributed by atoms with E-state index in [1.807, 2.05) is 0 Å². The highest BCUT2D eigenvalue weighted by atomic mass is 19.2.